The molecule has 1 aliphatic rings. The first kappa shape index (κ1) is 28.0. The summed E-state index contributed by atoms with van der Waals surface area (Å²) in [5.41, 5.74) is 0.825. The van der Waals surface area contributed by atoms with Crippen LogP contribution < -0.4 is 14.8 Å². The maximum absolute atomic E-state index is 13.1. The Morgan fingerprint density at radius 3 is 2.38 bits per heavy atom. The number of pyridine rings is 2. The molecule has 1 amide bonds. The van der Waals surface area contributed by atoms with Crippen LogP contribution in [0.5, 0.6) is 17.5 Å². The van der Waals surface area contributed by atoms with Gasteiger partial charge in [-0.1, -0.05) is 6.07 Å². The zero-order valence-corrected chi connectivity index (χ0v) is 22.6. The van der Waals surface area contributed by atoms with E-state index in [2.05, 4.69) is 20.0 Å². The Labute approximate surface area is 226 Å². The number of esters is 1. The second-order valence-corrected chi connectivity index (χ2v) is 11.2. The first-order valence-corrected chi connectivity index (χ1v) is 13.7. The summed E-state index contributed by atoms with van der Waals surface area (Å²) < 4.78 is 46.3. The van der Waals surface area contributed by atoms with E-state index in [-0.39, 0.29) is 45.8 Å². The fourth-order valence-electron chi connectivity index (χ4n) is 3.62. The Bertz CT molecular complexity index is 1420. The first-order chi connectivity index (χ1) is 18.7. The highest BCUT2D eigenvalue weighted by atomic mass is 32.2. The van der Waals surface area contributed by atoms with Crippen LogP contribution in [-0.4, -0.2) is 62.4 Å². The molecule has 3 aromatic rings. The fourth-order valence-corrected chi connectivity index (χ4v) is 5.28. The Morgan fingerprint density at radius 2 is 1.77 bits per heavy atom. The van der Waals surface area contributed by atoms with Crippen molar-refractivity contribution in [1.82, 2.24) is 9.97 Å². The molecule has 0 spiro atoms. The number of methoxy groups -OCH3 is 2. The van der Waals surface area contributed by atoms with Gasteiger partial charge in [-0.2, -0.15) is 4.98 Å². The first-order valence-electron chi connectivity index (χ1n) is 12.2. The maximum Gasteiger partial charge on any atom is 0.310 e. The number of ether oxygens (including phenoxy) is 4. The quantitative estimate of drug-likeness (QED) is 0.329. The average Bonchev–Trinajstić information content (AvgIpc) is 3.76. The molecule has 39 heavy (non-hydrogen) atoms. The van der Waals surface area contributed by atoms with Gasteiger partial charge in [-0.05, 0) is 55.7 Å². The molecule has 0 saturated heterocycles. The molecular weight excluding hydrogens is 526 g/mol. The van der Waals surface area contributed by atoms with Gasteiger partial charge in [-0.15, -0.1) is 0 Å². The molecule has 1 N–H and O–H groups in total. The minimum absolute atomic E-state index is 0.0661. The minimum atomic E-state index is -3.32. The van der Waals surface area contributed by atoms with Gasteiger partial charge in [0.1, 0.15) is 17.7 Å². The molecule has 4 rings (SSSR count). The van der Waals surface area contributed by atoms with Crippen LogP contribution in [0.2, 0.25) is 0 Å². The third kappa shape index (κ3) is 7.52. The molecule has 11 nitrogen and oxygen atoms in total. The van der Waals surface area contributed by atoms with Crippen molar-refractivity contribution >= 4 is 27.5 Å². The van der Waals surface area contributed by atoms with Crippen LogP contribution >= 0.6 is 0 Å². The van der Waals surface area contributed by atoms with Crippen LogP contribution in [0.1, 0.15) is 35.7 Å². The molecule has 2 aromatic heterocycles. The molecule has 0 unspecified atom stereocenters. The van der Waals surface area contributed by atoms with Gasteiger partial charge in [0.15, 0.2) is 9.84 Å². The molecule has 1 atom stereocenters. The number of hydrogen-bond donors (Lipinski definition) is 1. The number of benzene rings is 1. The lowest BCUT2D eigenvalue weighted by Gasteiger charge is -2.15. The molecule has 2 heterocycles. The van der Waals surface area contributed by atoms with E-state index in [1.54, 1.807) is 26.2 Å². The van der Waals surface area contributed by atoms with E-state index >= 15 is 0 Å². The summed E-state index contributed by atoms with van der Waals surface area (Å²) >= 11 is 0. The van der Waals surface area contributed by atoms with Gasteiger partial charge in [-0.3, -0.25) is 9.59 Å². The van der Waals surface area contributed by atoms with Crippen LogP contribution in [-0.2, 0) is 30.5 Å². The number of aromatic nitrogens is 2. The van der Waals surface area contributed by atoms with E-state index < -0.39 is 21.7 Å². The lowest BCUT2D eigenvalue weighted by Crippen LogP contribution is -2.19. The van der Waals surface area contributed by atoms with Crippen molar-refractivity contribution in [3.05, 3.63) is 65.9 Å². The number of anilines is 1. The normalized spacial score (nSPS) is 13.8. The largest absolute Gasteiger partial charge is 0.472 e. The van der Waals surface area contributed by atoms with E-state index in [1.165, 1.54) is 49.7 Å². The lowest BCUT2D eigenvalue weighted by atomic mass is 10.2. The molecule has 12 heteroatoms. The van der Waals surface area contributed by atoms with Gasteiger partial charge >= 0.3 is 5.97 Å². The number of hydrogen-bond acceptors (Lipinski definition) is 10. The van der Waals surface area contributed by atoms with Crippen molar-refractivity contribution in [2.24, 2.45) is 0 Å². The van der Waals surface area contributed by atoms with Crippen LogP contribution in [0.3, 0.4) is 0 Å². The number of carbonyl (C=O) groups excluding carboxylic acids is 2. The van der Waals surface area contributed by atoms with Crippen LogP contribution in [0.25, 0.3) is 0 Å². The molecule has 1 saturated carbocycles. The standard InChI is InChI=1S/C27H29N3O8S/c1-17(16-35-2)37-24-13-19(27(32)29-23-11-4-18(15-28-23)12-26(31)36-3)14-25(30-24)38-20-5-7-21(8-6-20)39(33,34)22-9-10-22/h4-8,11,13-15,17,22H,9-10,12,16H2,1-3H3,(H,28,29,32)/t17-/m1/s1. The number of rotatable bonds is 12. The SMILES string of the molecule is COC[C@@H](C)Oc1cc(C(=O)Nc2ccc(CC(=O)OC)cn2)cc(Oc2ccc(S(=O)(=O)C3CC3)cc2)n1. The van der Waals surface area contributed by atoms with E-state index in [0.29, 0.717) is 30.8 Å². The van der Waals surface area contributed by atoms with Crippen LogP contribution in [0, 0.1) is 0 Å². The third-order valence-corrected chi connectivity index (χ3v) is 8.02. The predicted octanol–water partition coefficient (Wildman–Crippen LogP) is 3.59. The lowest BCUT2D eigenvalue weighted by molar-refractivity contribution is -0.139. The highest BCUT2D eigenvalue weighted by Crippen LogP contribution is 2.34. The summed E-state index contributed by atoms with van der Waals surface area (Å²) in [5.74, 6) is -0.0694. The number of nitrogens with zero attached hydrogens (tertiary/aromatic N) is 2. The molecule has 0 bridgehead atoms. The monoisotopic (exact) mass is 555 g/mol. The summed E-state index contributed by atoms with van der Waals surface area (Å²) in [6, 6.07) is 12.2. The Hall–Kier alpha value is -4.03. The third-order valence-electron chi connectivity index (χ3n) is 5.74. The van der Waals surface area contributed by atoms with Gasteiger partial charge in [0.05, 0.1) is 35.8 Å². The maximum atomic E-state index is 13.1. The van der Waals surface area contributed by atoms with Crippen molar-refractivity contribution in [3.8, 4) is 17.5 Å². The highest BCUT2D eigenvalue weighted by molar-refractivity contribution is 7.92. The van der Waals surface area contributed by atoms with Crippen molar-refractivity contribution in [2.45, 2.75) is 42.4 Å². The van der Waals surface area contributed by atoms with Gasteiger partial charge in [0.25, 0.3) is 5.91 Å². The Morgan fingerprint density at radius 1 is 1.05 bits per heavy atom. The molecule has 206 valence electrons. The summed E-state index contributed by atoms with van der Waals surface area (Å²) in [5, 5.41) is 2.38. The smallest absolute Gasteiger partial charge is 0.310 e. The van der Waals surface area contributed by atoms with Crippen molar-refractivity contribution in [1.29, 1.82) is 0 Å². The Kier molecular flexibility index (Phi) is 8.77. The number of amides is 1. The second-order valence-electron chi connectivity index (χ2n) is 8.99. The summed E-state index contributed by atoms with van der Waals surface area (Å²) in [4.78, 5) is 33.3. The van der Waals surface area contributed by atoms with E-state index in [4.69, 9.17) is 14.2 Å². The van der Waals surface area contributed by atoms with Gasteiger partial charge in [0, 0.05) is 25.4 Å². The molecule has 1 fully saturated rings. The van der Waals surface area contributed by atoms with E-state index in [1.807, 2.05) is 0 Å². The van der Waals surface area contributed by atoms with Crippen LogP contribution in [0.4, 0.5) is 5.82 Å². The van der Waals surface area contributed by atoms with Gasteiger partial charge < -0.3 is 24.3 Å². The average molecular weight is 556 g/mol. The molecule has 0 aliphatic heterocycles. The Balaban J connectivity index is 1.53. The molecule has 1 aromatic carbocycles. The van der Waals surface area contributed by atoms with Crippen molar-refractivity contribution in [3.63, 3.8) is 0 Å². The summed E-state index contributed by atoms with van der Waals surface area (Å²) in [6.45, 7) is 2.09. The zero-order chi connectivity index (χ0) is 28.0. The summed E-state index contributed by atoms with van der Waals surface area (Å²) in [7, 11) is -0.475. The zero-order valence-electron chi connectivity index (χ0n) is 21.7. The fraction of sp³-hybridized carbons (Fsp3) is 0.333. The van der Waals surface area contributed by atoms with Gasteiger partial charge in [0.2, 0.25) is 11.8 Å². The number of sulfone groups is 1. The summed E-state index contributed by atoms with van der Waals surface area (Å²) in [6.07, 6.45) is 2.54. The van der Waals surface area contributed by atoms with Crippen LogP contribution in [0.15, 0.2) is 59.6 Å². The minimum Gasteiger partial charge on any atom is -0.472 e. The predicted molar refractivity (Wildman–Crippen MR) is 141 cm³/mol. The van der Waals surface area contributed by atoms with E-state index in [0.717, 1.165) is 0 Å². The molecular formula is C27H29N3O8S. The van der Waals surface area contributed by atoms with E-state index in [9.17, 15) is 18.0 Å². The highest BCUT2D eigenvalue weighted by Gasteiger charge is 2.36. The number of carbonyl (C=O) groups is 2. The second kappa shape index (κ2) is 12.2. The molecule has 1 aliphatic carbocycles. The van der Waals surface area contributed by atoms with Gasteiger partial charge in [-0.25, -0.2) is 13.4 Å². The topological polar surface area (TPSA) is 143 Å². The molecule has 0 radical (unpaired) electrons. The van der Waals surface area contributed by atoms with Crippen molar-refractivity contribution in [2.75, 3.05) is 26.1 Å². The number of nitrogens with one attached hydrogen (secondary N) is 1. The van der Waals surface area contributed by atoms with Crippen molar-refractivity contribution < 1.29 is 37.0 Å².